The van der Waals surface area contributed by atoms with Gasteiger partial charge in [-0.2, -0.15) is 4.37 Å². The van der Waals surface area contributed by atoms with E-state index in [4.69, 9.17) is 4.74 Å². The summed E-state index contributed by atoms with van der Waals surface area (Å²) < 4.78 is 9.30. The minimum Gasteiger partial charge on any atom is -0.480 e. The molecule has 6 heteroatoms. The second kappa shape index (κ2) is 6.17. The number of hydrogen-bond donors (Lipinski definition) is 0. The number of anilines is 1. The summed E-state index contributed by atoms with van der Waals surface area (Å²) in [5, 5.41) is 0. The van der Waals surface area contributed by atoms with E-state index in [1.165, 1.54) is 11.5 Å². The lowest BCUT2D eigenvalue weighted by Gasteiger charge is -2.18. The number of hydrogen-bond acceptors (Lipinski definition) is 6. The third-order valence-corrected chi connectivity index (χ3v) is 3.69. The van der Waals surface area contributed by atoms with Gasteiger partial charge in [0.25, 0.3) is 0 Å². The van der Waals surface area contributed by atoms with Gasteiger partial charge in [-0.1, -0.05) is 13.8 Å². The quantitative estimate of drug-likeness (QED) is 0.848. The van der Waals surface area contributed by atoms with E-state index in [-0.39, 0.29) is 0 Å². The van der Waals surface area contributed by atoms with Crippen molar-refractivity contribution in [3.05, 3.63) is 28.4 Å². The van der Waals surface area contributed by atoms with Gasteiger partial charge >= 0.3 is 0 Å². The molecule has 0 aliphatic rings. The average Bonchev–Trinajstić information content (AvgIpc) is 2.85. The predicted molar refractivity (Wildman–Crippen MR) is 81.6 cm³/mol. The monoisotopic (exact) mass is 292 g/mol. The lowest BCUT2D eigenvalue weighted by atomic mass is 10.1. The Morgan fingerprint density at radius 3 is 2.65 bits per heavy atom. The average molecular weight is 292 g/mol. The molecular formula is C14H20N4OS. The van der Waals surface area contributed by atoms with Crippen LogP contribution in [-0.4, -0.2) is 28.5 Å². The standard InChI is InChI=1S/C14H20N4OS/c1-9(2)12-6-10(3)15-14(16-12)18(4)8-11-7-13(19-5)17-20-11/h6-7,9H,8H2,1-5H3. The van der Waals surface area contributed by atoms with Gasteiger partial charge in [-0.05, 0) is 30.4 Å². The molecule has 0 bridgehead atoms. The van der Waals surface area contributed by atoms with E-state index in [0.717, 1.165) is 28.8 Å². The first-order chi connectivity index (χ1) is 9.49. The molecule has 0 aliphatic carbocycles. The first-order valence-electron chi connectivity index (χ1n) is 6.56. The van der Waals surface area contributed by atoms with Crippen LogP contribution < -0.4 is 9.64 Å². The highest BCUT2D eigenvalue weighted by molar-refractivity contribution is 7.05. The summed E-state index contributed by atoms with van der Waals surface area (Å²) in [6.45, 7) is 7.00. The van der Waals surface area contributed by atoms with Crippen LogP contribution in [0.4, 0.5) is 5.95 Å². The van der Waals surface area contributed by atoms with Crippen LogP contribution in [-0.2, 0) is 6.54 Å². The Labute approximate surface area is 123 Å². The molecular weight excluding hydrogens is 272 g/mol. The van der Waals surface area contributed by atoms with Crippen molar-refractivity contribution in [2.24, 2.45) is 0 Å². The molecule has 2 rings (SSSR count). The Kier molecular flexibility index (Phi) is 4.54. The molecule has 0 fully saturated rings. The summed E-state index contributed by atoms with van der Waals surface area (Å²) in [7, 11) is 3.62. The van der Waals surface area contributed by atoms with Crippen molar-refractivity contribution in [2.45, 2.75) is 33.2 Å². The number of aromatic nitrogens is 3. The molecule has 0 aromatic carbocycles. The van der Waals surface area contributed by atoms with Gasteiger partial charge in [0.2, 0.25) is 11.8 Å². The van der Waals surface area contributed by atoms with Crippen molar-refractivity contribution in [2.75, 3.05) is 19.1 Å². The van der Waals surface area contributed by atoms with Gasteiger partial charge in [0.1, 0.15) is 0 Å². The van der Waals surface area contributed by atoms with Gasteiger partial charge < -0.3 is 9.64 Å². The maximum Gasteiger partial charge on any atom is 0.225 e. The van der Waals surface area contributed by atoms with Crippen LogP contribution in [0.3, 0.4) is 0 Å². The van der Waals surface area contributed by atoms with Gasteiger partial charge in [0.15, 0.2) is 0 Å². The van der Waals surface area contributed by atoms with Crippen LogP contribution >= 0.6 is 11.5 Å². The van der Waals surface area contributed by atoms with Gasteiger partial charge in [-0.3, -0.25) is 0 Å². The zero-order valence-corrected chi connectivity index (χ0v) is 13.4. The van der Waals surface area contributed by atoms with Crippen LogP contribution in [0.5, 0.6) is 5.88 Å². The van der Waals surface area contributed by atoms with E-state index in [1.54, 1.807) is 7.11 Å². The number of rotatable bonds is 5. The molecule has 0 amide bonds. The van der Waals surface area contributed by atoms with Crippen molar-refractivity contribution >= 4 is 17.5 Å². The molecule has 2 aromatic heterocycles. The SMILES string of the molecule is COc1cc(CN(C)c2nc(C)cc(C(C)C)n2)sn1. The molecule has 0 spiro atoms. The van der Waals surface area contributed by atoms with Crippen molar-refractivity contribution in [3.63, 3.8) is 0 Å². The van der Waals surface area contributed by atoms with E-state index in [0.29, 0.717) is 11.8 Å². The van der Waals surface area contributed by atoms with Crippen LogP contribution in [0, 0.1) is 6.92 Å². The third kappa shape index (κ3) is 3.45. The molecule has 0 unspecified atom stereocenters. The summed E-state index contributed by atoms with van der Waals surface area (Å²) in [6.07, 6.45) is 0. The van der Waals surface area contributed by atoms with Crippen molar-refractivity contribution in [1.82, 2.24) is 14.3 Å². The number of aryl methyl sites for hydroxylation is 1. The summed E-state index contributed by atoms with van der Waals surface area (Å²) in [6, 6.07) is 3.98. The zero-order valence-electron chi connectivity index (χ0n) is 12.5. The Bertz CT molecular complexity index is 582. The van der Waals surface area contributed by atoms with Crippen LogP contribution in [0.1, 0.15) is 36.0 Å². The minimum absolute atomic E-state index is 0.396. The highest BCUT2D eigenvalue weighted by Crippen LogP contribution is 2.21. The Balaban J connectivity index is 2.17. The maximum absolute atomic E-state index is 5.10. The molecule has 108 valence electrons. The summed E-state index contributed by atoms with van der Waals surface area (Å²) >= 11 is 1.44. The fourth-order valence-electron chi connectivity index (χ4n) is 1.81. The van der Waals surface area contributed by atoms with Gasteiger partial charge in [-0.25, -0.2) is 9.97 Å². The Morgan fingerprint density at radius 1 is 1.30 bits per heavy atom. The lowest BCUT2D eigenvalue weighted by Crippen LogP contribution is -2.19. The molecule has 20 heavy (non-hydrogen) atoms. The molecule has 5 nitrogen and oxygen atoms in total. The van der Waals surface area contributed by atoms with Crippen molar-refractivity contribution < 1.29 is 4.74 Å². The van der Waals surface area contributed by atoms with E-state index in [9.17, 15) is 0 Å². The molecule has 0 saturated carbocycles. The fraction of sp³-hybridized carbons (Fsp3) is 0.500. The molecule has 2 aromatic rings. The van der Waals surface area contributed by atoms with E-state index >= 15 is 0 Å². The highest BCUT2D eigenvalue weighted by atomic mass is 32.1. The van der Waals surface area contributed by atoms with Crippen molar-refractivity contribution in [1.29, 1.82) is 0 Å². The third-order valence-electron chi connectivity index (χ3n) is 2.93. The molecule has 0 radical (unpaired) electrons. The highest BCUT2D eigenvalue weighted by Gasteiger charge is 2.11. The van der Waals surface area contributed by atoms with Crippen LogP contribution in [0.15, 0.2) is 12.1 Å². The first kappa shape index (κ1) is 14.7. The Morgan fingerprint density at radius 2 is 2.05 bits per heavy atom. The Hall–Kier alpha value is -1.69. The van der Waals surface area contributed by atoms with Crippen LogP contribution in [0.25, 0.3) is 0 Å². The first-order valence-corrected chi connectivity index (χ1v) is 7.33. The van der Waals surface area contributed by atoms with Crippen molar-refractivity contribution in [3.8, 4) is 5.88 Å². The minimum atomic E-state index is 0.396. The van der Waals surface area contributed by atoms with E-state index in [1.807, 2.05) is 31.0 Å². The smallest absolute Gasteiger partial charge is 0.225 e. The lowest BCUT2D eigenvalue weighted by molar-refractivity contribution is 0.402. The molecule has 0 saturated heterocycles. The summed E-state index contributed by atoms with van der Waals surface area (Å²) in [4.78, 5) is 12.3. The number of methoxy groups -OCH3 is 1. The van der Waals surface area contributed by atoms with E-state index < -0.39 is 0 Å². The second-order valence-electron chi connectivity index (χ2n) is 5.08. The fourth-order valence-corrected chi connectivity index (χ4v) is 2.55. The molecule has 0 aliphatic heterocycles. The number of nitrogens with zero attached hydrogens (tertiary/aromatic N) is 4. The summed E-state index contributed by atoms with van der Waals surface area (Å²) in [5.74, 6) is 1.81. The molecule has 2 heterocycles. The van der Waals surface area contributed by atoms with Gasteiger partial charge in [-0.15, -0.1) is 0 Å². The normalized spacial score (nSPS) is 10.9. The predicted octanol–water partition coefficient (Wildman–Crippen LogP) is 3.01. The van der Waals surface area contributed by atoms with Gasteiger partial charge in [0, 0.05) is 29.4 Å². The number of ether oxygens (including phenoxy) is 1. The topological polar surface area (TPSA) is 51.1 Å². The van der Waals surface area contributed by atoms with E-state index in [2.05, 4.69) is 28.2 Å². The molecule has 0 N–H and O–H groups in total. The summed E-state index contributed by atoms with van der Waals surface area (Å²) in [5.41, 5.74) is 2.06. The maximum atomic E-state index is 5.10. The molecule has 0 atom stereocenters. The van der Waals surface area contributed by atoms with Crippen LogP contribution in [0.2, 0.25) is 0 Å². The zero-order chi connectivity index (χ0) is 14.7. The van der Waals surface area contributed by atoms with Gasteiger partial charge in [0.05, 0.1) is 13.7 Å². The largest absolute Gasteiger partial charge is 0.480 e. The second-order valence-corrected chi connectivity index (χ2v) is 5.97.